The molecule has 0 aliphatic carbocycles. The van der Waals surface area contributed by atoms with Crippen LogP contribution in [0.25, 0.3) is 11.0 Å². The van der Waals surface area contributed by atoms with Crippen molar-refractivity contribution in [2.45, 2.75) is 17.7 Å². The van der Waals surface area contributed by atoms with Crippen molar-refractivity contribution < 1.29 is 22.2 Å². The summed E-state index contributed by atoms with van der Waals surface area (Å²) in [4.78, 5) is 12.6. The molecule has 28 heavy (non-hydrogen) atoms. The van der Waals surface area contributed by atoms with Crippen LogP contribution in [0.1, 0.15) is 12.8 Å². The van der Waals surface area contributed by atoms with E-state index in [9.17, 15) is 17.6 Å². The second-order valence-corrected chi connectivity index (χ2v) is 8.47. The maximum atomic E-state index is 13.8. The number of anilines is 1. The highest BCUT2D eigenvalue weighted by atomic mass is 32.2. The molecular weight excluding hydrogens is 387 g/mol. The van der Waals surface area contributed by atoms with E-state index in [1.165, 1.54) is 28.6 Å². The number of rotatable bonds is 4. The first-order valence-corrected chi connectivity index (χ1v) is 10.2. The number of hydrogen-bond donors (Lipinski definition) is 1. The average molecular weight is 404 g/mol. The standard InChI is InChI=1S/C18H17FN4O4S/c19-13-6-1-2-7-14(13)20-18(24)12-5-4-10-23(11-12)28(25,26)16-9-3-8-15-17(16)22-27-21-15/h1-3,6-9,12H,4-5,10-11H2,(H,20,24)/t12-/m1/s1. The highest BCUT2D eigenvalue weighted by molar-refractivity contribution is 7.89. The lowest BCUT2D eigenvalue weighted by Gasteiger charge is -2.31. The first-order valence-electron chi connectivity index (χ1n) is 8.73. The highest BCUT2D eigenvalue weighted by Gasteiger charge is 2.35. The number of aromatic nitrogens is 2. The van der Waals surface area contributed by atoms with E-state index in [4.69, 9.17) is 0 Å². The van der Waals surface area contributed by atoms with Crippen molar-refractivity contribution in [2.24, 2.45) is 5.92 Å². The van der Waals surface area contributed by atoms with Gasteiger partial charge in [-0.3, -0.25) is 4.79 Å². The Kier molecular flexibility index (Phi) is 4.82. The van der Waals surface area contributed by atoms with Gasteiger partial charge in [-0.05, 0) is 47.4 Å². The third-order valence-electron chi connectivity index (χ3n) is 4.75. The van der Waals surface area contributed by atoms with E-state index in [1.54, 1.807) is 18.2 Å². The van der Waals surface area contributed by atoms with E-state index in [-0.39, 0.29) is 29.2 Å². The van der Waals surface area contributed by atoms with Crippen LogP contribution in [0.4, 0.5) is 10.1 Å². The monoisotopic (exact) mass is 404 g/mol. The van der Waals surface area contributed by atoms with Crippen LogP contribution in [-0.4, -0.2) is 42.0 Å². The summed E-state index contributed by atoms with van der Waals surface area (Å²) in [5.41, 5.74) is 0.568. The van der Waals surface area contributed by atoms with Gasteiger partial charge in [0.2, 0.25) is 15.9 Å². The van der Waals surface area contributed by atoms with Crippen molar-refractivity contribution in [2.75, 3.05) is 18.4 Å². The van der Waals surface area contributed by atoms with Crippen molar-refractivity contribution in [3.63, 3.8) is 0 Å². The number of sulfonamides is 1. The maximum Gasteiger partial charge on any atom is 0.245 e. The highest BCUT2D eigenvalue weighted by Crippen LogP contribution is 2.28. The summed E-state index contributed by atoms with van der Waals surface area (Å²) < 4.78 is 45.9. The largest absolute Gasteiger partial charge is 0.323 e. The summed E-state index contributed by atoms with van der Waals surface area (Å²) in [7, 11) is -3.89. The molecule has 0 radical (unpaired) electrons. The second kappa shape index (κ2) is 7.28. The number of carbonyl (C=O) groups is 1. The molecule has 0 unspecified atom stereocenters. The van der Waals surface area contributed by atoms with Crippen LogP contribution < -0.4 is 5.32 Å². The Bertz CT molecular complexity index is 1130. The minimum Gasteiger partial charge on any atom is -0.323 e. The number of hydrogen-bond acceptors (Lipinski definition) is 6. The minimum atomic E-state index is -3.89. The van der Waals surface area contributed by atoms with Gasteiger partial charge < -0.3 is 5.32 Å². The van der Waals surface area contributed by atoms with Gasteiger partial charge in [-0.15, -0.1) is 0 Å². The first-order chi connectivity index (χ1) is 13.5. The molecule has 3 aromatic rings. The van der Waals surface area contributed by atoms with Crippen LogP contribution in [0.3, 0.4) is 0 Å². The molecule has 1 N–H and O–H groups in total. The molecule has 1 aromatic heterocycles. The molecule has 2 heterocycles. The fraction of sp³-hybridized carbons (Fsp3) is 0.278. The van der Waals surface area contributed by atoms with Crippen LogP contribution in [0, 0.1) is 11.7 Å². The Labute approximate surface area is 160 Å². The fourth-order valence-corrected chi connectivity index (χ4v) is 4.96. The van der Waals surface area contributed by atoms with Gasteiger partial charge in [-0.2, -0.15) is 4.31 Å². The van der Waals surface area contributed by atoms with Crippen molar-refractivity contribution in [1.29, 1.82) is 0 Å². The zero-order chi connectivity index (χ0) is 19.7. The topological polar surface area (TPSA) is 105 Å². The van der Waals surface area contributed by atoms with Crippen molar-refractivity contribution >= 4 is 32.7 Å². The summed E-state index contributed by atoms with van der Waals surface area (Å²) in [5.74, 6) is -1.54. The third kappa shape index (κ3) is 3.36. The van der Waals surface area contributed by atoms with Crippen molar-refractivity contribution in [3.8, 4) is 0 Å². The number of para-hydroxylation sites is 1. The van der Waals surface area contributed by atoms with Crippen LogP contribution >= 0.6 is 0 Å². The summed E-state index contributed by atoms with van der Waals surface area (Å²) in [6.07, 6.45) is 1.03. The predicted octanol–water partition coefficient (Wildman–Crippen LogP) is 2.40. The predicted molar refractivity (Wildman–Crippen MR) is 98.3 cm³/mol. The molecule has 0 saturated carbocycles. The van der Waals surface area contributed by atoms with Gasteiger partial charge in [0, 0.05) is 13.1 Å². The van der Waals surface area contributed by atoms with Crippen LogP contribution in [0.15, 0.2) is 52.0 Å². The van der Waals surface area contributed by atoms with Crippen LogP contribution in [0.5, 0.6) is 0 Å². The number of amides is 1. The molecule has 146 valence electrons. The van der Waals surface area contributed by atoms with Gasteiger partial charge in [0.15, 0.2) is 5.52 Å². The lowest BCUT2D eigenvalue weighted by atomic mass is 9.98. The number of fused-ring (bicyclic) bond motifs is 1. The van der Waals surface area contributed by atoms with Crippen molar-refractivity contribution in [1.82, 2.24) is 14.6 Å². The van der Waals surface area contributed by atoms with Crippen LogP contribution in [-0.2, 0) is 14.8 Å². The molecule has 10 heteroatoms. The Morgan fingerprint density at radius 1 is 1.18 bits per heavy atom. The zero-order valence-electron chi connectivity index (χ0n) is 14.7. The Morgan fingerprint density at radius 3 is 2.82 bits per heavy atom. The Hall–Kier alpha value is -2.85. The smallest absolute Gasteiger partial charge is 0.245 e. The number of nitrogens with one attached hydrogen (secondary N) is 1. The number of halogens is 1. The summed E-state index contributed by atoms with van der Waals surface area (Å²) in [6.45, 7) is 0.289. The van der Waals surface area contributed by atoms with E-state index < -0.39 is 27.7 Å². The van der Waals surface area contributed by atoms with Gasteiger partial charge in [0.05, 0.1) is 11.6 Å². The molecule has 1 atom stereocenters. The molecule has 1 fully saturated rings. The first kappa shape index (κ1) is 18.5. The number of carbonyl (C=O) groups excluding carboxylic acids is 1. The minimum absolute atomic E-state index is 0.00425. The van der Waals surface area contributed by atoms with E-state index >= 15 is 0 Å². The molecule has 1 saturated heterocycles. The molecule has 1 aliphatic rings. The van der Waals surface area contributed by atoms with Crippen LogP contribution in [0.2, 0.25) is 0 Å². The van der Waals surface area contributed by atoms with E-state index in [2.05, 4.69) is 20.3 Å². The van der Waals surface area contributed by atoms with Crippen molar-refractivity contribution in [3.05, 3.63) is 48.3 Å². The molecule has 2 aromatic carbocycles. The van der Waals surface area contributed by atoms with Gasteiger partial charge in [-0.25, -0.2) is 17.4 Å². The lowest BCUT2D eigenvalue weighted by Crippen LogP contribution is -2.43. The Balaban J connectivity index is 1.55. The SMILES string of the molecule is O=C(Nc1ccccc1F)[C@@H]1CCCN(S(=O)(=O)c2cccc3nonc23)C1. The van der Waals surface area contributed by atoms with E-state index in [0.29, 0.717) is 18.4 Å². The molecule has 8 nitrogen and oxygen atoms in total. The molecule has 1 amide bonds. The van der Waals surface area contributed by atoms with Gasteiger partial charge >= 0.3 is 0 Å². The van der Waals surface area contributed by atoms with E-state index in [0.717, 1.165) is 0 Å². The quantitative estimate of drug-likeness (QED) is 0.716. The van der Waals surface area contributed by atoms with Gasteiger partial charge in [0.25, 0.3) is 0 Å². The molecule has 4 rings (SSSR count). The molecular formula is C18H17FN4O4S. The summed E-state index contributed by atoms with van der Waals surface area (Å²) >= 11 is 0. The number of nitrogens with zero attached hydrogens (tertiary/aromatic N) is 3. The summed E-state index contributed by atoms with van der Waals surface area (Å²) in [5, 5.41) is 9.90. The number of benzene rings is 2. The molecule has 0 bridgehead atoms. The number of piperidine rings is 1. The molecule has 0 spiro atoms. The average Bonchev–Trinajstić information content (AvgIpc) is 3.18. The normalized spacial score (nSPS) is 18.2. The third-order valence-corrected chi connectivity index (χ3v) is 6.65. The zero-order valence-corrected chi connectivity index (χ0v) is 15.5. The van der Waals surface area contributed by atoms with Gasteiger partial charge in [-0.1, -0.05) is 18.2 Å². The summed E-state index contributed by atoms with van der Waals surface area (Å²) in [6, 6.07) is 10.5. The second-order valence-electron chi connectivity index (χ2n) is 6.56. The maximum absolute atomic E-state index is 13.8. The Morgan fingerprint density at radius 2 is 2.00 bits per heavy atom. The fourth-order valence-electron chi connectivity index (χ4n) is 3.30. The molecule has 1 aliphatic heterocycles. The van der Waals surface area contributed by atoms with E-state index in [1.807, 2.05) is 0 Å². The van der Waals surface area contributed by atoms with Gasteiger partial charge in [0.1, 0.15) is 16.2 Å². The lowest BCUT2D eigenvalue weighted by molar-refractivity contribution is -0.120.